The van der Waals surface area contributed by atoms with Gasteiger partial charge in [-0.15, -0.1) is 0 Å². The minimum absolute atomic E-state index is 0.134. The lowest BCUT2D eigenvalue weighted by Gasteiger charge is -2.36. The van der Waals surface area contributed by atoms with Gasteiger partial charge in [-0.1, -0.05) is 15.9 Å². The van der Waals surface area contributed by atoms with Crippen LogP contribution in [0.2, 0.25) is 0 Å². The van der Waals surface area contributed by atoms with Crippen molar-refractivity contribution in [2.45, 2.75) is 38.7 Å². The molecule has 2 fully saturated rings. The van der Waals surface area contributed by atoms with Crippen molar-refractivity contribution in [2.24, 2.45) is 11.3 Å². The monoisotopic (exact) mass is 232 g/mol. The Labute approximate surface area is 83.0 Å². The summed E-state index contributed by atoms with van der Waals surface area (Å²) in [4.78, 5) is 0. The van der Waals surface area contributed by atoms with Gasteiger partial charge in [-0.3, -0.25) is 0 Å². The van der Waals surface area contributed by atoms with E-state index in [0.29, 0.717) is 5.41 Å². The molecule has 1 aliphatic heterocycles. The molecule has 1 heterocycles. The maximum Gasteiger partial charge on any atom is 0.0631 e. The fourth-order valence-electron chi connectivity index (χ4n) is 2.69. The second-order valence-corrected chi connectivity index (χ2v) is 5.60. The van der Waals surface area contributed by atoms with Gasteiger partial charge in [0.15, 0.2) is 0 Å². The number of hydrogen-bond donors (Lipinski definition) is 0. The first-order valence-electron chi connectivity index (χ1n) is 4.78. The van der Waals surface area contributed by atoms with Gasteiger partial charge in [-0.05, 0) is 44.4 Å². The van der Waals surface area contributed by atoms with E-state index in [9.17, 15) is 0 Å². The molecule has 0 radical (unpaired) electrons. The first kappa shape index (κ1) is 9.01. The minimum Gasteiger partial charge on any atom is -0.376 e. The molecule has 2 atom stereocenters. The highest BCUT2D eigenvalue weighted by molar-refractivity contribution is 9.09. The van der Waals surface area contributed by atoms with Crippen LogP contribution in [0.5, 0.6) is 0 Å². The van der Waals surface area contributed by atoms with E-state index in [2.05, 4.69) is 29.8 Å². The quantitative estimate of drug-likeness (QED) is 0.632. The molecule has 0 bridgehead atoms. The first-order valence-corrected chi connectivity index (χ1v) is 5.90. The van der Waals surface area contributed by atoms with E-state index < -0.39 is 0 Å². The summed E-state index contributed by atoms with van der Waals surface area (Å²) in [5.74, 6) is 0.931. The number of halogens is 1. The Morgan fingerprint density at radius 1 is 1.50 bits per heavy atom. The van der Waals surface area contributed by atoms with Crippen molar-refractivity contribution in [3.8, 4) is 0 Å². The summed E-state index contributed by atoms with van der Waals surface area (Å²) in [6.45, 7) is 5.41. The molecule has 0 aromatic carbocycles. The fraction of sp³-hybridized carbons (Fsp3) is 1.00. The second kappa shape index (κ2) is 2.71. The first-order chi connectivity index (χ1) is 5.58. The van der Waals surface area contributed by atoms with Crippen LogP contribution in [-0.4, -0.2) is 17.5 Å². The van der Waals surface area contributed by atoms with Gasteiger partial charge >= 0.3 is 0 Å². The molecule has 0 amide bonds. The van der Waals surface area contributed by atoms with E-state index in [4.69, 9.17) is 4.74 Å². The molecule has 1 saturated heterocycles. The Balaban J connectivity index is 2.01. The zero-order valence-electron chi connectivity index (χ0n) is 7.90. The predicted molar refractivity (Wildman–Crippen MR) is 53.6 cm³/mol. The normalized spacial score (nSPS) is 44.8. The lowest BCUT2D eigenvalue weighted by Crippen LogP contribution is -2.35. The van der Waals surface area contributed by atoms with E-state index >= 15 is 0 Å². The highest BCUT2D eigenvalue weighted by atomic mass is 79.9. The summed E-state index contributed by atoms with van der Waals surface area (Å²) in [5.41, 5.74) is 0.792. The lowest BCUT2D eigenvalue weighted by atomic mass is 9.84. The van der Waals surface area contributed by atoms with Gasteiger partial charge in [-0.2, -0.15) is 0 Å². The summed E-state index contributed by atoms with van der Waals surface area (Å²) < 4.78 is 5.72. The van der Waals surface area contributed by atoms with Crippen LogP contribution in [0, 0.1) is 11.3 Å². The van der Waals surface area contributed by atoms with Gasteiger partial charge in [0, 0.05) is 11.9 Å². The van der Waals surface area contributed by atoms with Crippen LogP contribution in [0.25, 0.3) is 0 Å². The summed E-state index contributed by atoms with van der Waals surface area (Å²) in [5, 5.41) is 1.18. The van der Waals surface area contributed by atoms with Gasteiger partial charge in [0.05, 0.1) is 5.60 Å². The van der Waals surface area contributed by atoms with Crippen LogP contribution >= 0.6 is 15.9 Å². The van der Waals surface area contributed by atoms with Crippen LogP contribution in [0.1, 0.15) is 33.1 Å². The van der Waals surface area contributed by atoms with Crippen molar-refractivity contribution in [3.63, 3.8) is 0 Å². The maximum atomic E-state index is 5.72. The Hall–Kier alpha value is 0.440. The van der Waals surface area contributed by atoms with Crippen molar-refractivity contribution in [1.29, 1.82) is 0 Å². The highest BCUT2D eigenvalue weighted by Gasteiger charge is 2.56. The molecular weight excluding hydrogens is 216 g/mol. The van der Waals surface area contributed by atoms with E-state index in [1.54, 1.807) is 0 Å². The van der Waals surface area contributed by atoms with Gasteiger partial charge in [-0.25, -0.2) is 0 Å². The zero-order valence-corrected chi connectivity index (χ0v) is 9.49. The van der Waals surface area contributed by atoms with E-state index in [1.165, 1.54) is 24.6 Å². The number of rotatable bonds is 1. The average molecular weight is 233 g/mol. The molecule has 12 heavy (non-hydrogen) atoms. The number of alkyl halides is 1. The van der Waals surface area contributed by atoms with E-state index in [0.717, 1.165) is 12.5 Å². The Bertz CT molecular complexity index is 190. The molecule has 0 aromatic heterocycles. The molecule has 0 N–H and O–H groups in total. The SMILES string of the molecule is CC1(C)CC2(CCO1)CC2CBr. The van der Waals surface area contributed by atoms with Crippen LogP contribution in [-0.2, 0) is 4.74 Å². The topological polar surface area (TPSA) is 9.23 Å². The Kier molecular flexibility index (Phi) is 2.04. The zero-order chi connectivity index (χ0) is 8.82. The number of ether oxygens (including phenoxy) is 1. The molecular formula is C10H17BrO. The van der Waals surface area contributed by atoms with Crippen LogP contribution in [0.3, 0.4) is 0 Å². The van der Waals surface area contributed by atoms with Gasteiger partial charge in [0.1, 0.15) is 0 Å². The molecule has 2 aliphatic rings. The van der Waals surface area contributed by atoms with Crippen LogP contribution in [0.15, 0.2) is 0 Å². The van der Waals surface area contributed by atoms with Gasteiger partial charge in [0.2, 0.25) is 0 Å². The van der Waals surface area contributed by atoms with Crippen LogP contribution in [0.4, 0.5) is 0 Å². The lowest BCUT2D eigenvalue weighted by molar-refractivity contribution is -0.0815. The molecule has 1 aliphatic carbocycles. The standard InChI is InChI=1S/C10H17BrO/c1-9(2)7-10(3-4-12-9)5-8(10)6-11/h8H,3-7H2,1-2H3. The van der Waals surface area contributed by atoms with Crippen molar-refractivity contribution in [2.75, 3.05) is 11.9 Å². The predicted octanol–water partition coefficient (Wildman–Crippen LogP) is 2.98. The maximum absolute atomic E-state index is 5.72. The fourth-order valence-corrected chi connectivity index (χ4v) is 3.61. The second-order valence-electron chi connectivity index (χ2n) is 4.95. The van der Waals surface area contributed by atoms with Crippen molar-refractivity contribution >= 4 is 15.9 Å². The minimum atomic E-state index is 0.134. The third kappa shape index (κ3) is 1.44. The Morgan fingerprint density at radius 3 is 2.75 bits per heavy atom. The van der Waals surface area contributed by atoms with Crippen LogP contribution < -0.4 is 0 Å². The summed E-state index contributed by atoms with van der Waals surface area (Å²) >= 11 is 3.58. The van der Waals surface area contributed by atoms with Gasteiger partial charge in [0.25, 0.3) is 0 Å². The molecule has 1 nitrogen and oxygen atoms in total. The molecule has 1 spiro atoms. The molecule has 2 unspecified atom stereocenters. The average Bonchev–Trinajstić information content (AvgIpc) is 2.60. The summed E-state index contributed by atoms with van der Waals surface area (Å²) in [7, 11) is 0. The summed E-state index contributed by atoms with van der Waals surface area (Å²) in [6.07, 6.45) is 3.97. The van der Waals surface area contributed by atoms with Crippen molar-refractivity contribution in [1.82, 2.24) is 0 Å². The Morgan fingerprint density at radius 2 is 2.25 bits per heavy atom. The third-order valence-electron chi connectivity index (χ3n) is 3.42. The molecule has 2 rings (SSSR count). The number of hydrogen-bond acceptors (Lipinski definition) is 1. The summed E-state index contributed by atoms with van der Waals surface area (Å²) in [6, 6.07) is 0. The highest BCUT2D eigenvalue weighted by Crippen LogP contribution is 2.62. The van der Waals surface area contributed by atoms with E-state index in [1.807, 2.05) is 0 Å². The third-order valence-corrected chi connectivity index (χ3v) is 4.20. The molecule has 70 valence electrons. The molecule has 0 aromatic rings. The van der Waals surface area contributed by atoms with Crippen molar-refractivity contribution in [3.05, 3.63) is 0 Å². The smallest absolute Gasteiger partial charge is 0.0631 e. The molecule has 2 heteroatoms. The van der Waals surface area contributed by atoms with Crippen molar-refractivity contribution < 1.29 is 4.74 Å². The van der Waals surface area contributed by atoms with E-state index in [-0.39, 0.29) is 5.60 Å². The largest absolute Gasteiger partial charge is 0.376 e. The molecule has 1 saturated carbocycles. The van der Waals surface area contributed by atoms with Gasteiger partial charge < -0.3 is 4.74 Å².